The van der Waals surface area contributed by atoms with E-state index in [1.165, 1.54) is 0 Å². The summed E-state index contributed by atoms with van der Waals surface area (Å²) in [5.41, 5.74) is 0.822. The van der Waals surface area contributed by atoms with Gasteiger partial charge >= 0.3 is 6.18 Å². The summed E-state index contributed by atoms with van der Waals surface area (Å²) in [5, 5.41) is 3.36. The molecule has 134 valence electrons. The zero-order valence-corrected chi connectivity index (χ0v) is 13.7. The summed E-state index contributed by atoms with van der Waals surface area (Å²) in [7, 11) is 0. The van der Waals surface area contributed by atoms with E-state index in [0.29, 0.717) is 18.3 Å². The van der Waals surface area contributed by atoms with Crippen LogP contribution in [0.3, 0.4) is 0 Å². The van der Waals surface area contributed by atoms with Gasteiger partial charge in [-0.05, 0) is 12.5 Å². The van der Waals surface area contributed by atoms with Crippen LogP contribution < -0.4 is 10.1 Å². The molecule has 1 unspecified atom stereocenters. The van der Waals surface area contributed by atoms with Crippen LogP contribution in [0.2, 0.25) is 0 Å². The number of ether oxygens (including phenoxy) is 1. The van der Waals surface area contributed by atoms with Crippen LogP contribution >= 0.6 is 0 Å². The smallest absolute Gasteiger partial charge is 0.422 e. The third kappa shape index (κ3) is 4.84. The molecule has 1 aromatic rings. The molecule has 0 aromatic heterocycles. The highest BCUT2D eigenvalue weighted by Crippen LogP contribution is 2.25. The van der Waals surface area contributed by atoms with Gasteiger partial charge in [-0.1, -0.05) is 18.2 Å². The third-order valence-electron chi connectivity index (χ3n) is 4.67. The fourth-order valence-electron chi connectivity index (χ4n) is 3.48. The fraction of sp³-hybridized carbons (Fsp3) is 0.647. The van der Waals surface area contributed by atoms with Crippen LogP contribution in [0, 0.1) is 0 Å². The molecule has 7 heteroatoms. The third-order valence-corrected chi connectivity index (χ3v) is 4.67. The van der Waals surface area contributed by atoms with E-state index < -0.39 is 12.8 Å². The van der Waals surface area contributed by atoms with Crippen LogP contribution in [0.4, 0.5) is 13.2 Å². The second kappa shape index (κ2) is 7.72. The van der Waals surface area contributed by atoms with Gasteiger partial charge in [0, 0.05) is 57.4 Å². The van der Waals surface area contributed by atoms with Crippen molar-refractivity contribution in [3.8, 4) is 5.75 Å². The first-order valence-electron chi connectivity index (χ1n) is 8.46. The summed E-state index contributed by atoms with van der Waals surface area (Å²) in [6.07, 6.45) is -3.19. The van der Waals surface area contributed by atoms with Gasteiger partial charge in [0.25, 0.3) is 0 Å². The first-order valence-corrected chi connectivity index (χ1v) is 8.46. The molecule has 0 spiro atoms. The SMILES string of the molecule is FC(F)(F)COc1ccccc1CN1CCC(N2CCNCC2)C1. The van der Waals surface area contributed by atoms with Gasteiger partial charge in [-0.2, -0.15) is 13.2 Å². The van der Waals surface area contributed by atoms with Crippen molar-refractivity contribution in [3.63, 3.8) is 0 Å². The van der Waals surface area contributed by atoms with E-state index in [1.807, 2.05) is 12.1 Å². The monoisotopic (exact) mass is 343 g/mol. The molecule has 2 heterocycles. The Morgan fingerprint density at radius 3 is 2.62 bits per heavy atom. The van der Waals surface area contributed by atoms with Gasteiger partial charge in [0.15, 0.2) is 6.61 Å². The van der Waals surface area contributed by atoms with Gasteiger partial charge in [-0.25, -0.2) is 0 Å². The van der Waals surface area contributed by atoms with E-state index in [9.17, 15) is 13.2 Å². The largest absolute Gasteiger partial charge is 0.484 e. The Morgan fingerprint density at radius 1 is 1.12 bits per heavy atom. The molecular formula is C17H24F3N3O. The summed E-state index contributed by atoms with van der Waals surface area (Å²) < 4.78 is 42.2. The van der Waals surface area contributed by atoms with Crippen LogP contribution in [0.15, 0.2) is 24.3 Å². The van der Waals surface area contributed by atoms with Crippen molar-refractivity contribution in [2.75, 3.05) is 45.9 Å². The molecule has 1 aromatic carbocycles. The number of piperazine rings is 1. The molecule has 0 radical (unpaired) electrons. The Hall–Kier alpha value is -1.31. The minimum Gasteiger partial charge on any atom is -0.484 e. The maximum Gasteiger partial charge on any atom is 0.422 e. The molecule has 0 saturated carbocycles. The number of para-hydroxylation sites is 1. The van der Waals surface area contributed by atoms with Gasteiger partial charge in [0.05, 0.1) is 0 Å². The molecule has 1 atom stereocenters. The van der Waals surface area contributed by atoms with Gasteiger partial charge in [0.1, 0.15) is 5.75 Å². The molecule has 0 amide bonds. The number of alkyl halides is 3. The number of halogens is 3. The molecule has 1 N–H and O–H groups in total. The van der Waals surface area contributed by atoms with Crippen molar-refractivity contribution >= 4 is 0 Å². The van der Waals surface area contributed by atoms with Gasteiger partial charge in [0.2, 0.25) is 0 Å². The average molecular weight is 343 g/mol. The highest BCUT2D eigenvalue weighted by atomic mass is 19.4. The quantitative estimate of drug-likeness (QED) is 0.886. The van der Waals surface area contributed by atoms with Crippen LogP contribution in [0.25, 0.3) is 0 Å². The number of hydrogen-bond acceptors (Lipinski definition) is 4. The normalized spacial score (nSPS) is 23.5. The summed E-state index contributed by atoms with van der Waals surface area (Å²) in [5.74, 6) is 0.334. The standard InChI is InChI=1S/C17H24F3N3O/c18-17(19,20)13-24-16-4-2-1-3-14(16)11-22-8-5-15(12-22)23-9-6-21-7-10-23/h1-4,15,21H,5-13H2. The summed E-state index contributed by atoms with van der Waals surface area (Å²) >= 11 is 0. The minimum absolute atomic E-state index is 0.334. The Morgan fingerprint density at radius 2 is 1.88 bits per heavy atom. The Labute approximate surface area is 140 Å². The van der Waals surface area contributed by atoms with E-state index in [1.54, 1.807) is 12.1 Å². The van der Waals surface area contributed by atoms with Crippen LogP contribution in [0.5, 0.6) is 5.75 Å². The molecule has 4 nitrogen and oxygen atoms in total. The molecule has 2 aliphatic rings. The Kier molecular flexibility index (Phi) is 5.63. The summed E-state index contributed by atoms with van der Waals surface area (Å²) in [6.45, 7) is 5.54. The number of nitrogens with one attached hydrogen (secondary N) is 1. The Bertz CT molecular complexity index is 532. The molecule has 0 aliphatic carbocycles. The number of hydrogen-bond donors (Lipinski definition) is 1. The van der Waals surface area contributed by atoms with E-state index in [2.05, 4.69) is 15.1 Å². The maximum atomic E-state index is 12.4. The zero-order chi connectivity index (χ0) is 17.0. The lowest BCUT2D eigenvalue weighted by molar-refractivity contribution is -0.153. The van der Waals surface area contributed by atoms with Gasteiger partial charge in [-0.3, -0.25) is 9.80 Å². The number of benzene rings is 1. The first-order chi connectivity index (χ1) is 11.5. The van der Waals surface area contributed by atoms with Crippen LogP contribution in [-0.4, -0.2) is 67.9 Å². The van der Waals surface area contributed by atoms with Crippen molar-refractivity contribution in [1.82, 2.24) is 15.1 Å². The lowest BCUT2D eigenvalue weighted by Crippen LogP contribution is -2.49. The highest BCUT2D eigenvalue weighted by molar-refractivity contribution is 5.33. The lowest BCUT2D eigenvalue weighted by Gasteiger charge is -2.32. The van der Waals surface area contributed by atoms with Gasteiger partial charge < -0.3 is 10.1 Å². The van der Waals surface area contributed by atoms with E-state index in [0.717, 1.165) is 51.3 Å². The topological polar surface area (TPSA) is 27.7 Å². The molecule has 2 saturated heterocycles. The van der Waals surface area contributed by atoms with Crippen molar-refractivity contribution < 1.29 is 17.9 Å². The Balaban J connectivity index is 1.56. The number of rotatable bonds is 5. The average Bonchev–Trinajstić information content (AvgIpc) is 3.03. The van der Waals surface area contributed by atoms with Crippen molar-refractivity contribution in [3.05, 3.63) is 29.8 Å². The zero-order valence-electron chi connectivity index (χ0n) is 13.7. The van der Waals surface area contributed by atoms with Crippen molar-refractivity contribution in [2.24, 2.45) is 0 Å². The van der Waals surface area contributed by atoms with Crippen LogP contribution in [-0.2, 0) is 6.54 Å². The van der Waals surface area contributed by atoms with E-state index in [-0.39, 0.29) is 0 Å². The fourth-order valence-corrected chi connectivity index (χ4v) is 3.48. The molecular weight excluding hydrogens is 319 g/mol. The molecule has 3 rings (SSSR count). The molecule has 0 bridgehead atoms. The first kappa shape index (κ1) is 17.5. The van der Waals surface area contributed by atoms with Crippen molar-refractivity contribution in [2.45, 2.75) is 25.2 Å². The minimum atomic E-state index is -4.31. The molecule has 2 aliphatic heterocycles. The van der Waals surface area contributed by atoms with Crippen LogP contribution in [0.1, 0.15) is 12.0 Å². The predicted molar refractivity (Wildman–Crippen MR) is 86.1 cm³/mol. The van der Waals surface area contributed by atoms with E-state index >= 15 is 0 Å². The lowest BCUT2D eigenvalue weighted by atomic mass is 10.2. The molecule has 2 fully saturated rings. The predicted octanol–water partition coefficient (Wildman–Crippen LogP) is 2.11. The second-order valence-corrected chi connectivity index (χ2v) is 6.48. The van der Waals surface area contributed by atoms with E-state index in [4.69, 9.17) is 4.74 Å². The highest BCUT2D eigenvalue weighted by Gasteiger charge is 2.30. The summed E-state index contributed by atoms with van der Waals surface area (Å²) in [6, 6.07) is 7.58. The second-order valence-electron chi connectivity index (χ2n) is 6.48. The number of likely N-dealkylation sites (tertiary alicyclic amines) is 1. The summed E-state index contributed by atoms with van der Waals surface area (Å²) in [4.78, 5) is 4.82. The number of nitrogens with zero attached hydrogens (tertiary/aromatic N) is 2. The van der Waals surface area contributed by atoms with Crippen molar-refractivity contribution in [1.29, 1.82) is 0 Å². The maximum absolute atomic E-state index is 12.4. The van der Waals surface area contributed by atoms with Gasteiger partial charge in [-0.15, -0.1) is 0 Å². The molecule has 24 heavy (non-hydrogen) atoms.